The summed E-state index contributed by atoms with van der Waals surface area (Å²) in [4.78, 5) is 4.51. The average Bonchev–Trinajstić information content (AvgIpc) is 3.77. The maximum Gasteiger partial charge on any atom is 0.137 e. The van der Waals surface area contributed by atoms with E-state index < -0.39 is 0 Å². The minimum absolute atomic E-state index is 0.609. The molecule has 0 aliphatic carbocycles. The Bertz CT molecular complexity index is 2880. The monoisotopic (exact) mass is 600 g/mol. The molecule has 0 spiro atoms. The van der Waals surface area contributed by atoms with Crippen molar-refractivity contribution in [3.63, 3.8) is 0 Å². The molecule has 0 N–H and O–H groups in total. The third-order valence-corrected chi connectivity index (χ3v) is 9.39. The number of rotatable bonds is 3. The summed E-state index contributed by atoms with van der Waals surface area (Å²) in [6.07, 6.45) is 3.78. The van der Waals surface area contributed by atoms with Crippen LogP contribution < -0.4 is 0 Å². The second-order valence-corrected chi connectivity index (χ2v) is 12.0. The lowest BCUT2D eigenvalue weighted by atomic mass is 10.0. The Morgan fingerprint density at radius 2 is 1.19 bits per heavy atom. The van der Waals surface area contributed by atoms with Crippen molar-refractivity contribution >= 4 is 65.6 Å². The molecule has 0 aliphatic rings. The second-order valence-electron chi connectivity index (χ2n) is 12.0. The van der Waals surface area contributed by atoms with Crippen LogP contribution in [-0.4, -0.2) is 14.1 Å². The van der Waals surface area contributed by atoms with Gasteiger partial charge >= 0.3 is 0 Å². The molecule has 0 amide bonds. The van der Waals surface area contributed by atoms with Gasteiger partial charge in [-0.2, -0.15) is 5.26 Å². The third-order valence-electron chi connectivity index (χ3n) is 9.39. The lowest BCUT2D eigenvalue weighted by Crippen LogP contribution is -1.97. The Morgan fingerprint density at radius 3 is 2.00 bits per heavy atom. The molecule has 0 fully saturated rings. The minimum atomic E-state index is 0.609. The van der Waals surface area contributed by atoms with Crippen molar-refractivity contribution in [3.05, 3.63) is 151 Å². The molecule has 218 valence electrons. The quantitative estimate of drug-likeness (QED) is 0.203. The van der Waals surface area contributed by atoms with Gasteiger partial charge in [-0.05, 0) is 71.8 Å². The number of para-hydroxylation sites is 3. The van der Waals surface area contributed by atoms with Crippen molar-refractivity contribution in [1.29, 1.82) is 5.26 Å². The summed E-state index contributed by atoms with van der Waals surface area (Å²) < 4.78 is 10.8. The largest absolute Gasteiger partial charge is 0.456 e. The van der Waals surface area contributed by atoms with Gasteiger partial charge in [-0.25, -0.2) is 0 Å². The molecule has 10 rings (SSSR count). The van der Waals surface area contributed by atoms with Crippen LogP contribution in [0.25, 0.3) is 88.1 Å². The first kappa shape index (κ1) is 25.7. The first-order valence-electron chi connectivity index (χ1n) is 15.6. The molecule has 0 radical (unpaired) electrons. The van der Waals surface area contributed by atoms with E-state index in [9.17, 15) is 5.26 Å². The van der Waals surface area contributed by atoms with Gasteiger partial charge < -0.3 is 13.6 Å². The molecule has 4 aromatic heterocycles. The first-order chi connectivity index (χ1) is 23.2. The molecule has 0 bridgehead atoms. The number of nitrogens with zero attached hydrogens (tertiary/aromatic N) is 4. The van der Waals surface area contributed by atoms with Gasteiger partial charge in [-0.15, -0.1) is 0 Å². The van der Waals surface area contributed by atoms with E-state index in [1.807, 2.05) is 42.7 Å². The van der Waals surface area contributed by atoms with Gasteiger partial charge in [-0.3, -0.25) is 4.98 Å². The predicted molar refractivity (Wildman–Crippen MR) is 190 cm³/mol. The minimum Gasteiger partial charge on any atom is -0.456 e. The summed E-state index contributed by atoms with van der Waals surface area (Å²) in [5.74, 6) is 0. The Hall–Kier alpha value is -6.64. The van der Waals surface area contributed by atoms with E-state index in [4.69, 9.17) is 4.42 Å². The summed E-state index contributed by atoms with van der Waals surface area (Å²) in [5.41, 5.74) is 10.6. The highest BCUT2D eigenvalue weighted by atomic mass is 16.3. The summed E-state index contributed by atoms with van der Waals surface area (Å²) in [6, 6.07) is 48.6. The maximum absolute atomic E-state index is 10.2. The van der Waals surface area contributed by atoms with Crippen LogP contribution in [0.4, 0.5) is 0 Å². The van der Waals surface area contributed by atoms with Gasteiger partial charge in [0.15, 0.2) is 0 Å². The molecule has 47 heavy (non-hydrogen) atoms. The van der Waals surface area contributed by atoms with Gasteiger partial charge in [-0.1, -0.05) is 66.7 Å². The lowest BCUT2D eigenvalue weighted by Gasteiger charge is -2.13. The van der Waals surface area contributed by atoms with Crippen LogP contribution in [-0.2, 0) is 0 Å². The van der Waals surface area contributed by atoms with E-state index in [0.717, 1.165) is 77.3 Å². The molecule has 6 aromatic carbocycles. The molecular weight excluding hydrogens is 576 g/mol. The van der Waals surface area contributed by atoms with Crippen LogP contribution >= 0.6 is 0 Å². The van der Waals surface area contributed by atoms with Crippen molar-refractivity contribution in [2.75, 3.05) is 0 Å². The molecule has 0 unspecified atom stereocenters. The summed E-state index contributed by atoms with van der Waals surface area (Å²) in [6.45, 7) is 0. The van der Waals surface area contributed by atoms with Crippen LogP contribution in [0.5, 0.6) is 0 Å². The third kappa shape index (κ3) is 3.73. The number of hydrogen-bond donors (Lipinski definition) is 0. The number of fused-ring (bicyclic) bond motifs is 9. The standard InChI is InChI=1S/C42H24N4O/c43-24-26-18-28(21-30(19-26)46-37-13-4-1-10-31(37)32-11-2-5-14-38(32)46)27-8-7-9-29(20-27)45-39-23-42-36(34-12-3-6-15-41(34)47-42)22-35(39)33-16-17-44-25-40(33)45/h1-23,25H. The lowest BCUT2D eigenvalue weighted by molar-refractivity contribution is 0.669. The number of hydrogen-bond acceptors (Lipinski definition) is 3. The van der Waals surface area contributed by atoms with Gasteiger partial charge in [0, 0.05) is 56.0 Å². The van der Waals surface area contributed by atoms with Crippen molar-refractivity contribution in [2.45, 2.75) is 0 Å². The zero-order valence-electron chi connectivity index (χ0n) is 25.1. The number of pyridine rings is 1. The van der Waals surface area contributed by atoms with E-state index in [-0.39, 0.29) is 0 Å². The van der Waals surface area contributed by atoms with Crippen LogP contribution in [0, 0.1) is 11.3 Å². The Labute approximate surface area is 268 Å². The highest BCUT2D eigenvalue weighted by Gasteiger charge is 2.18. The molecule has 0 aliphatic heterocycles. The molecule has 4 heterocycles. The second kappa shape index (κ2) is 9.68. The fourth-order valence-corrected chi connectivity index (χ4v) is 7.36. The van der Waals surface area contributed by atoms with E-state index in [2.05, 4.69) is 123 Å². The van der Waals surface area contributed by atoms with Crippen LogP contribution in [0.1, 0.15) is 5.56 Å². The first-order valence-corrected chi connectivity index (χ1v) is 15.6. The highest BCUT2D eigenvalue weighted by Crippen LogP contribution is 2.39. The fraction of sp³-hybridized carbons (Fsp3) is 0. The topological polar surface area (TPSA) is 59.7 Å². The molecule has 5 nitrogen and oxygen atoms in total. The Balaban J connectivity index is 1.20. The zero-order valence-corrected chi connectivity index (χ0v) is 25.1. The maximum atomic E-state index is 10.2. The zero-order chi connectivity index (χ0) is 31.1. The number of nitriles is 1. The predicted octanol–water partition coefficient (Wildman–Crippen LogP) is 10.7. The molecule has 5 heteroatoms. The van der Waals surface area contributed by atoms with Gasteiger partial charge in [0.05, 0.1) is 39.9 Å². The Morgan fingerprint density at radius 1 is 0.489 bits per heavy atom. The SMILES string of the molecule is N#Cc1cc(-c2cccc(-n3c4cnccc4c4cc5c(cc43)oc3ccccc35)c2)cc(-n2c3ccccc3c3ccccc32)c1. The van der Waals surface area contributed by atoms with Gasteiger partial charge in [0.2, 0.25) is 0 Å². The van der Waals surface area contributed by atoms with Crippen molar-refractivity contribution in [2.24, 2.45) is 0 Å². The van der Waals surface area contributed by atoms with Gasteiger partial charge in [0.25, 0.3) is 0 Å². The number of furan rings is 1. The van der Waals surface area contributed by atoms with Crippen molar-refractivity contribution < 1.29 is 4.42 Å². The van der Waals surface area contributed by atoms with Crippen LogP contribution in [0.2, 0.25) is 0 Å². The summed E-state index contributed by atoms with van der Waals surface area (Å²) in [7, 11) is 0. The fourth-order valence-electron chi connectivity index (χ4n) is 7.36. The number of aromatic nitrogens is 3. The smallest absolute Gasteiger partial charge is 0.137 e. The van der Waals surface area contributed by atoms with E-state index in [0.29, 0.717) is 5.56 Å². The van der Waals surface area contributed by atoms with Crippen LogP contribution in [0.3, 0.4) is 0 Å². The Kier molecular flexibility index (Phi) is 5.28. The van der Waals surface area contributed by atoms with E-state index in [1.165, 1.54) is 10.8 Å². The highest BCUT2D eigenvalue weighted by molar-refractivity contribution is 6.17. The van der Waals surface area contributed by atoms with E-state index in [1.54, 1.807) is 0 Å². The van der Waals surface area contributed by atoms with E-state index >= 15 is 0 Å². The molecule has 10 aromatic rings. The normalized spacial score (nSPS) is 11.8. The molecular formula is C42H24N4O. The average molecular weight is 601 g/mol. The van der Waals surface area contributed by atoms with Crippen molar-refractivity contribution in [3.8, 4) is 28.6 Å². The number of benzene rings is 6. The molecule has 0 atom stereocenters. The van der Waals surface area contributed by atoms with Crippen LogP contribution in [0.15, 0.2) is 150 Å². The summed E-state index contributed by atoms with van der Waals surface area (Å²) in [5, 5.41) is 17.0. The summed E-state index contributed by atoms with van der Waals surface area (Å²) >= 11 is 0. The van der Waals surface area contributed by atoms with Crippen molar-refractivity contribution in [1.82, 2.24) is 14.1 Å². The van der Waals surface area contributed by atoms with Gasteiger partial charge in [0.1, 0.15) is 11.2 Å². The molecule has 0 saturated carbocycles. The molecule has 0 saturated heterocycles.